The van der Waals surface area contributed by atoms with Gasteiger partial charge < -0.3 is 24.1 Å². The number of thiazole rings is 1. The summed E-state index contributed by atoms with van der Waals surface area (Å²) in [5.41, 5.74) is -2.47. The lowest BCUT2D eigenvalue weighted by Crippen LogP contribution is -2.41. The smallest absolute Gasteiger partial charge is 0.434 e. The van der Waals surface area contributed by atoms with Crippen LogP contribution in [0, 0.1) is 3.57 Å². The fourth-order valence-electron chi connectivity index (χ4n) is 5.10. The van der Waals surface area contributed by atoms with Crippen molar-refractivity contribution in [1.82, 2.24) is 4.57 Å². The number of methoxy groups -OCH3 is 2. The molecule has 5 rings (SSSR count). The van der Waals surface area contributed by atoms with E-state index in [-0.39, 0.29) is 38.8 Å². The third-order valence-electron chi connectivity index (χ3n) is 6.91. The number of esters is 1. The number of hydrogen-bond acceptors (Lipinski definition) is 9. The van der Waals surface area contributed by atoms with Crippen LogP contribution in [0.4, 0.5) is 13.2 Å². The molecule has 0 bridgehead atoms. The lowest BCUT2D eigenvalue weighted by atomic mass is 9.90. The van der Waals surface area contributed by atoms with E-state index >= 15 is 0 Å². The van der Waals surface area contributed by atoms with Crippen molar-refractivity contribution in [2.45, 2.75) is 19.1 Å². The van der Waals surface area contributed by atoms with Crippen molar-refractivity contribution in [3.63, 3.8) is 0 Å². The molecule has 0 amide bonds. The van der Waals surface area contributed by atoms with Gasteiger partial charge in [-0.2, -0.15) is 13.2 Å². The molecule has 0 radical (unpaired) electrons. The molecule has 0 aliphatic carbocycles. The van der Waals surface area contributed by atoms with Crippen LogP contribution in [-0.2, 0) is 14.3 Å². The average molecular weight is 769 g/mol. The summed E-state index contributed by atoms with van der Waals surface area (Å²) in [6.45, 7) is 0.623. The van der Waals surface area contributed by atoms with E-state index in [9.17, 15) is 27.6 Å². The highest BCUT2D eigenvalue weighted by Crippen LogP contribution is 2.43. The van der Waals surface area contributed by atoms with Gasteiger partial charge in [-0.25, -0.2) is 14.6 Å². The molecule has 1 aliphatic heterocycles. The summed E-state index contributed by atoms with van der Waals surface area (Å²) in [7, 11) is 2.69. The first-order valence-corrected chi connectivity index (χ1v) is 15.4. The Morgan fingerprint density at radius 1 is 1.11 bits per heavy atom. The number of fused-ring (bicyclic) bond motifs is 2. The van der Waals surface area contributed by atoms with E-state index in [1.54, 1.807) is 42.5 Å². The zero-order valence-electron chi connectivity index (χ0n) is 24.3. The van der Waals surface area contributed by atoms with Gasteiger partial charge >= 0.3 is 18.1 Å². The number of benzene rings is 3. The summed E-state index contributed by atoms with van der Waals surface area (Å²) in [4.78, 5) is 42.1. The van der Waals surface area contributed by atoms with E-state index in [1.807, 2.05) is 22.6 Å². The van der Waals surface area contributed by atoms with E-state index in [0.717, 1.165) is 4.57 Å². The number of carbonyl (C=O) groups excluding carboxylic acids is 1. The van der Waals surface area contributed by atoms with Gasteiger partial charge in [-0.3, -0.25) is 9.36 Å². The molecule has 1 atom stereocenters. The van der Waals surface area contributed by atoms with Gasteiger partial charge in [-0.1, -0.05) is 41.7 Å². The van der Waals surface area contributed by atoms with Gasteiger partial charge in [-0.05, 0) is 70.1 Å². The Bertz CT molecular complexity index is 2090. The molecular formula is C31H24F3IN2O8S. The minimum Gasteiger partial charge on any atom is -0.496 e. The molecule has 3 aromatic carbocycles. The van der Waals surface area contributed by atoms with E-state index in [1.165, 1.54) is 33.3 Å². The van der Waals surface area contributed by atoms with E-state index in [4.69, 9.17) is 24.1 Å². The third kappa shape index (κ3) is 6.20. The van der Waals surface area contributed by atoms with Crippen LogP contribution >= 0.6 is 33.9 Å². The molecule has 2 heterocycles. The fraction of sp³-hybridized carbons (Fsp3) is 0.226. The maximum absolute atomic E-state index is 14.7. The summed E-state index contributed by atoms with van der Waals surface area (Å²) in [5, 5.41) is 10.1. The lowest BCUT2D eigenvalue weighted by molar-refractivity contribution is -0.141. The Labute approximate surface area is 276 Å². The Morgan fingerprint density at radius 2 is 1.83 bits per heavy atom. The number of carbonyl (C=O) groups is 2. The van der Waals surface area contributed by atoms with Crippen LogP contribution in [0.2, 0.25) is 0 Å². The van der Waals surface area contributed by atoms with Crippen LogP contribution in [0.15, 0.2) is 69.6 Å². The summed E-state index contributed by atoms with van der Waals surface area (Å²) >= 11 is 2.62. The minimum atomic E-state index is -5.08. The van der Waals surface area contributed by atoms with Crippen molar-refractivity contribution in [3.8, 4) is 17.2 Å². The summed E-state index contributed by atoms with van der Waals surface area (Å²) in [5.74, 6) is -1.97. The number of aliphatic carboxylic acids is 1. The number of hydrogen-bond donors (Lipinski definition) is 1. The number of rotatable bonds is 9. The monoisotopic (exact) mass is 768 g/mol. The van der Waals surface area contributed by atoms with Crippen LogP contribution in [0.5, 0.6) is 17.2 Å². The zero-order chi connectivity index (χ0) is 33.3. The minimum absolute atomic E-state index is 0.00615. The standard InChI is InChI=1S/C31H24F3IN2O8S/c1-4-44-29(41)24-25(23-17-8-6-5-7-16(17)9-10-19(23)42-2)37-28(40)21(46-30(37)36-27(24)31(32,33)34)13-15-11-18(35)26(20(12-15)43-3)45-14-22(38)39/h5-13,25H,4,14H2,1-3H3,(H,38,39)/b21-13-/t25-/m1/s1. The molecule has 0 fully saturated rings. The first kappa shape index (κ1) is 33.0. The molecule has 15 heteroatoms. The predicted octanol–water partition coefficient (Wildman–Crippen LogP) is 4.58. The molecule has 1 aliphatic rings. The maximum atomic E-state index is 14.7. The van der Waals surface area contributed by atoms with E-state index < -0.39 is 47.6 Å². The molecule has 46 heavy (non-hydrogen) atoms. The molecular weight excluding hydrogens is 744 g/mol. The summed E-state index contributed by atoms with van der Waals surface area (Å²) < 4.78 is 66.9. The molecule has 1 N–H and O–H groups in total. The van der Waals surface area contributed by atoms with Crippen molar-refractivity contribution in [3.05, 3.63) is 94.2 Å². The topological polar surface area (TPSA) is 126 Å². The number of halogens is 4. The van der Waals surface area contributed by atoms with Crippen LogP contribution in [0.1, 0.15) is 24.1 Å². The molecule has 0 unspecified atom stereocenters. The summed E-state index contributed by atoms with van der Waals surface area (Å²) in [6.07, 6.45) is -3.64. The van der Waals surface area contributed by atoms with Gasteiger partial charge in [-0.15, -0.1) is 0 Å². The highest BCUT2D eigenvalue weighted by molar-refractivity contribution is 14.1. The van der Waals surface area contributed by atoms with Gasteiger partial charge in [0.2, 0.25) is 0 Å². The van der Waals surface area contributed by atoms with Crippen LogP contribution in [-0.4, -0.2) is 55.2 Å². The molecule has 0 saturated carbocycles. The second kappa shape index (κ2) is 13.2. The average Bonchev–Trinajstić information content (AvgIpc) is 3.32. The van der Waals surface area contributed by atoms with Crippen LogP contribution in [0.25, 0.3) is 16.8 Å². The number of carboxylic acid groups (broad SMARTS) is 1. The van der Waals surface area contributed by atoms with Crippen LogP contribution < -0.4 is 29.1 Å². The van der Waals surface area contributed by atoms with Crippen molar-refractivity contribution in [2.24, 2.45) is 4.99 Å². The predicted molar refractivity (Wildman–Crippen MR) is 170 cm³/mol. The number of nitrogens with zero attached hydrogens (tertiary/aromatic N) is 2. The number of alkyl halides is 3. The van der Waals surface area contributed by atoms with E-state index in [2.05, 4.69) is 4.99 Å². The van der Waals surface area contributed by atoms with Crippen LogP contribution in [0.3, 0.4) is 0 Å². The first-order chi connectivity index (χ1) is 21.9. The molecule has 0 saturated heterocycles. The summed E-state index contributed by atoms with van der Waals surface area (Å²) in [6, 6.07) is 11.6. The molecule has 1 aromatic heterocycles. The van der Waals surface area contributed by atoms with Crippen molar-refractivity contribution >= 4 is 62.7 Å². The van der Waals surface area contributed by atoms with Crippen molar-refractivity contribution < 1.29 is 46.8 Å². The SMILES string of the molecule is CCOC(=O)C1=C(C(F)(F)F)N=c2s/c(=C\c3cc(I)c(OCC(=O)O)c(OC)c3)c(=O)n2[C@@H]1c1c(OC)ccc2ccccc12. The molecule has 0 spiro atoms. The Balaban J connectivity index is 1.83. The highest BCUT2D eigenvalue weighted by Gasteiger charge is 2.46. The van der Waals surface area contributed by atoms with Gasteiger partial charge in [0.25, 0.3) is 5.56 Å². The Hall–Kier alpha value is -4.38. The fourth-order valence-corrected chi connectivity index (χ4v) is 6.88. The zero-order valence-corrected chi connectivity index (χ0v) is 27.3. The second-order valence-corrected chi connectivity index (χ2v) is 11.9. The maximum Gasteiger partial charge on any atom is 0.434 e. The molecule has 240 valence electrons. The van der Waals surface area contributed by atoms with Gasteiger partial charge in [0.15, 0.2) is 28.6 Å². The number of aromatic nitrogens is 1. The van der Waals surface area contributed by atoms with E-state index in [0.29, 0.717) is 31.2 Å². The molecule has 4 aromatic rings. The number of ether oxygens (including phenoxy) is 4. The number of carboxylic acids is 1. The van der Waals surface area contributed by atoms with Gasteiger partial charge in [0.1, 0.15) is 11.8 Å². The lowest BCUT2D eigenvalue weighted by Gasteiger charge is -2.28. The van der Waals surface area contributed by atoms with Crippen molar-refractivity contribution in [1.29, 1.82) is 0 Å². The number of allylic oxidation sites excluding steroid dienone is 1. The largest absolute Gasteiger partial charge is 0.496 e. The Kier molecular flexibility index (Phi) is 9.44. The normalized spacial score (nSPS) is 14.9. The first-order valence-electron chi connectivity index (χ1n) is 13.5. The molecule has 10 nitrogen and oxygen atoms in total. The van der Waals surface area contributed by atoms with Crippen molar-refractivity contribution in [2.75, 3.05) is 27.4 Å². The third-order valence-corrected chi connectivity index (χ3v) is 8.69. The van der Waals surface area contributed by atoms with Gasteiger partial charge in [0.05, 0.1) is 34.5 Å². The highest BCUT2D eigenvalue weighted by atomic mass is 127. The van der Waals surface area contributed by atoms with Gasteiger partial charge in [0, 0.05) is 5.56 Å². The second-order valence-electron chi connectivity index (χ2n) is 9.68. The Morgan fingerprint density at radius 3 is 2.48 bits per heavy atom. The quantitative estimate of drug-likeness (QED) is 0.194.